The molecule has 0 aliphatic heterocycles. The summed E-state index contributed by atoms with van der Waals surface area (Å²) in [6.07, 6.45) is 3.57. The largest absolute Gasteiger partial charge is 0.340 e. The second kappa shape index (κ2) is 5.49. The van der Waals surface area contributed by atoms with Gasteiger partial charge in [-0.25, -0.2) is 0 Å². The van der Waals surface area contributed by atoms with Crippen LogP contribution in [0.3, 0.4) is 0 Å². The lowest BCUT2D eigenvalue weighted by Crippen LogP contribution is -2.11. The summed E-state index contributed by atoms with van der Waals surface area (Å²) in [5.41, 5.74) is 2.24. The minimum atomic E-state index is 0.142. The smallest absolute Gasteiger partial charge is 0.197 e. The van der Waals surface area contributed by atoms with Crippen LogP contribution in [0.5, 0.6) is 0 Å². The van der Waals surface area contributed by atoms with Gasteiger partial charge < -0.3 is 4.57 Å². The Morgan fingerprint density at radius 2 is 1.40 bits per heavy atom. The summed E-state index contributed by atoms with van der Waals surface area (Å²) in [5.74, 6) is 0. The zero-order valence-corrected chi connectivity index (χ0v) is 11.8. The fourth-order valence-corrected chi connectivity index (χ4v) is 2.84. The number of rotatable bonds is 4. The van der Waals surface area contributed by atoms with Crippen molar-refractivity contribution in [2.45, 2.75) is 32.7 Å². The lowest BCUT2D eigenvalue weighted by atomic mass is 10.1. The predicted molar refractivity (Wildman–Crippen MR) is 85.2 cm³/mol. The average Bonchev–Trinajstić information content (AvgIpc) is 2.51. The van der Waals surface area contributed by atoms with Gasteiger partial charge >= 0.3 is 0 Å². The Hall–Kier alpha value is -2.09. The molecule has 3 rings (SSSR count). The molecular weight excluding hydrogens is 246 g/mol. The van der Waals surface area contributed by atoms with Gasteiger partial charge in [0.2, 0.25) is 0 Å². The quantitative estimate of drug-likeness (QED) is 0.508. The van der Waals surface area contributed by atoms with Crippen molar-refractivity contribution in [3.63, 3.8) is 0 Å². The van der Waals surface area contributed by atoms with Crippen LogP contribution in [-0.2, 0) is 6.54 Å². The molecule has 0 unspecified atom stereocenters. The first kappa shape index (κ1) is 12.9. The van der Waals surface area contributed by atoms with E-state index in [4.69, 9.17) is 0 Å². The van der Waals surface area contributed by atoms with Gasteiger partial charge in [-0.2, -0.15) is 0 Å². The predicted octanol–water partition coefficient (Wildman–Crippen LogP) is 4.34. The number of nitrogens with zero attached hydrogens (tertiary/aromatic N) is 1. The van der Waals surface area contributed by atoms with Gasteiger partial charge in [0, 0.05) is 17.3 Å². The number of para-hydroxylation sites is 2. The maximum Gasteiger partial charge on any atom is 0.197 e. The van der Waals surface area contributed by atoms with Crippen molar-refractivity contribution in [3.05, 3.63) is 58.8 Å². The fourth-order valence-electron chi connectivity index (χ4n) is 2.84. The van der Waals surface area contributed by atoms with Gasteiger partial charge in [0.25, 0.3) is 0 Å². The van der Waals surface area contributed by atoms with Crippen LogP contribution in [0, 0.1) is 0 Å². The molecule has 1 heterocycles. The monoisotopic (exact) mass is 265 g/mol. The third-order valence-corrected chi connectivity index (χ3v) is 3.86. The zero-order chi connectivity index (χ0) is 13.9. The number of unbranched alkanes of at least 4 members (excludes halogenated alkanes) is 2. The molecule has 0 saturated carbocycles. The van der Waals surface area contributed by atoms with E-state index in [-0.39, 0.29) is 5.43 Å². The number of pyridine rings is 1. The highest BCUT2D eigenvalue weighted by Gasteiger charge is 2.09. The molecule has 2 aromatic carbocycles. The molecule has 1 aromatic heterocycles. The van der Waals surface area contributed by atoms with E-state index >= 15 is 0 Å². The van der Waals surface area contributed by atoms with E-state index in [1.807, 2.05) is 36.4 Å². The number of hydrogen-bond acceptors (Lipinski definition) is 1. The van der Waals surface area contributed by atoms with Crippen LogP contribution >= 0.6 is 0 Å². The van der Waals surface area contributed by atoms with Gasteiger partial charge in [0.05, 0.1) is 11.0 Å². The Balaban J connectivity index is 2.31. The third kappa shape index (κ3) is 2.11. The van der Waals surface area contributed by atoms with Gasteiger partial charge in [-0.3, -0.25) is 4.79 Å². The minimum absolute atomic E-state index is 0.142. The summed E-state index contributed by atoms with van der Waals surface area (Å²) in [4.78, 5) is 12.6. The zero-order valence-electron chi connectivity index (χ0n) is 11.8. The van der Waals surface area contributed by atoms with Crippen molar-refractivity contribution >= 4 is 21.8 Å². The standard InChI is InChI=1S/C18H19NO/c1-2-3-8-13-19-16-11-6-4-9-14(16)18(20)15-10-5-7-12-17(15)19/h4-7,9-12H,2-3,8,13H2,1H3. The molecule has 3 aromatic rings. The molecule has 0 aliphatic carbocycles. The van der Waals surface area contributed by atoms with Crippen LogP contribution in [-0.4, -0.2) is 4.57 Å². The molecule has 0 bridgehead atoms. The van der Waals surface area contributed by atoms with E-state index in [1.165, 1.54) is 12.8 Å². The van der Waals surface area contributed by atoms with Crippen molar-refractivity contribution in [1.29, 1.82) is 0 Å². The molecule has 2 heteroatoms. The summed E-state index contributed by atoms with van der Waals surface area (Å²) in [6, 6.07) is 15.9. The summed E-state index contributed by atoms with van der Waals surface area (Å²) in [5, 5.41) is 1.64. The maximum atomic E-state index is 12.6. The van der Waals surface area contributed by atoms with Gasteiger partial charge in [0.15, 0.2) is 5.43 Å². The average molecular weight is 265 g/mol. The molecule has 0 N–H and O–H groups in total. The van der Waals surface area contributed by atoms with E-state index in [2.05, 4.69) is 23.6 Å². The topological polar surface area (TPSA) is 22.0 Å². The fraction of sp³-hybridized carbons (Fsp3) is 0.278. The maximum absolute atomic E-state index is 12.6. The molecule has 0 atom stereocenters. The first-order chi connectivity index (χ1) is 9.83. The molecule has 0 spiro atoms. The van der Waals surface area contributed by atoms with Gasteiger partial charge in [-0.05, 0) is 30.7 Å². The molecule has 20 heavy (non-hydrogen) atoms. The second-order valence-corrected chi connectivity index (χ2v) is 5.22. The molecule has 0 fully saturated rings. The van der Waals surface area contributed by atoms with Crippen LogP contribution in [0.15, 0.2) is 53.3 Å². The second-order valence-electron chi connectivity index (χ2n) is 5.22. The Bertz CT molecular complexity index is 741. The summed E-state index contributed by atoms with van der Waals surface area (Å²) >= 11 is 0. The minimum Gasteiger partial charge on any atom is -0.340 e. The Labute approximate surface area is 118 Å². The molecule has 102 valence electrons. The van der Waals surface area contributed by atoms with E-state index in [0.717, 1.165) is 34.8 Å². The summed E-state index contributed by atoms with van der Waals surface area (Å²) < 4.78 is 2.29. The summed E-state index contributed by atoms with van der Waals surface area (Å²) in [6.45, 7) is 3.18. The molecule has 2 nitrogen and oxygen atoms in total. The Morgan fingerprint density at radius 1 is 0.850 bits per heavy atom. The van der Waals surface area contributed by atoms with E-state index in [0.29, 0.717) is 0 Å². The highest BCUT2D eigenvalue weighted by Crippen LogP contribution is 2.19. The highest BCUT2D eigenvalue weighted by atomic mass is 16.1. The van der Waals surface area contributed by atoms with Gasteiger partial charge in [-0.15, -0.1) is 0 Å². The third-order valence-electron chi connectivity index (χ3n) is 3.86. The lowest BCUT2D eigenvalue weighted by Gasteiger charge is -2.14. The van der Waals surface area contributed by atoms with Crippen LogP contribution in [0.2, 0.25) is 0 Å². The first-order valence-corrected chi connectivity index (χ1v) is 7.33. The number of benzene rings is 2. The van der Waals surface area contributed by atoms with Crippen molar-refractivity contribution in [2.75, 3.05) is 0 Å². The van der Waals surface area contributed by atoms with Crippen LogP contribution in [0.4, 0.5) is 0 Å². The number of aryl methyl sites for hydroxylation is 1. The Kier molecular flexibility index (Phi) is 3.55. The lowest BCUT2D eigenvalue weighted by molar-refractivity contribution is 0.626. The molecule has 0 radical (unpaired) electrons. The number of hydrogen-bond donors (Lipinski definition) is 0. The van der Waals surface area contributed by atoms with Gasteiger partial charge in [0.1, 0.15) is 0 Å². The number of aromatic nitrogens is 1. The van der Waals surface area contributed by atoms with E-state index in [1.54, 1.807) is 0 Å². The van der Waals surface area contributed by atoms with Crippen LogP contribution in [0.25, 0.3) is 21.8 Å². The Morgan fingerprint density at radius 3 is 1.95 bits per heavy atom. The van der Waals surface area contributed by atoms with E-state index < -0.39 is 0 Å². The normalized spacial score (nSPS) is 11.2. The SMILES string of the molecule is CCCCCn1c2ccccc2c(=O)c2ccccc21. The summed E-state index contributed by atoms with van der Waals surface area (Å²) in [7, 11) is 0. The van der Waals surface area contributed by atoms with Crippen molar-refractivity contribution in [2.24, 2.45) is 0 Å². The molecule has 0 amide bonds. The highest BCUT2D eigenvalue weighted by molar-refractivity contribution is 5.93. The van der Waals surface area contributed by atoms with Crippen LogP contribution < -0.4 is 5.43 Å². The first-order valence-electron chi connectivity index (χ1n) is 7.33. The van der Waals surface area contributed by atoms with Crippen molar-refractivity contribution in [1.82, 2.24) is 4.57 Å². The van der Waals surface area contributed by atoms with Crippen molar-refractivity contribution < 1.29 is 0 Å². The van der Waals surface area contributed by atoms with E-state index in [9.17, 15) is 4.79 Å². The molecule has 0 saturated heterocycles. The van der Waals surface area contributed by atoms with Gasteiger partial charge in [-0.1, -0.05) is 44.0 Å². The van der Waals surface area contributed by atoms with Crippen LogP contribution in [0.1, 0.15) is 26.2 Å². The molecular formula is C18H19NO. The number of fused-ring (bicyclic) bond motifs is 2. The van der Waals surface area contributed by atoms with Crippen molar-refractivity contribution in [3.8, 4) is 0 Å². The molecule has 0 aliphatic rings.